The summed E-state index contributed by atoms with van der Waals surface area (Å²) < 4.78 is 40.6. The Bertz CT molecular complexity index is 5840. The Morgan fingerprint density at radius 2 is 0.545 bits per heavy atom. The van der Waals surface area contributed by atoms with E-state index >= 15 is 0 Å². The number of piperazine rings is 3. The number of aryl methyl sites for hydroxylation is 8. The van der Waals surface area contributed by atoms with Gasteiger partial charge in [-0.3, -0.25) is 37.2 Å². The maximum atomic E-state index is 13.8. The molecule has 0 aliphatic carbocycles. The molecule has 31 nitrogen and oxygen atoms in total. The molecule has 14 heterocycles. The molecule has 7 aliphatic rings. The highest BCUT2D eigenvalue weighted by atomic mass is 19.1. The molecular formula is C111H141F3N24O7. The minimum Gasteiger partial charge on any atom is -0.368 e. The van der Waals surface area contributed by atoms with Gasteiger partial charge in [-0.1, -0.05) is 129 Å². The van der Waals surface area contributed by atoms with Crippen molar-refractivity contribution in [3.05, 3.63) is 293 Å². The van der Waals surface area contributed by atoms with E-state index in [9.17, 15) is 46.7 Å². The van der Waals surface area contributed by atoms with Crippen molar-refractivity contribution >= 4 is 100 Å². The first-order valence-electron chi connectivity index (χ1n) is 50.5. The smallest absolute Gasteiger partial charge is 0.323 e. The molecular weight excluding hydrogens is 1840 g/mol. The zero-order chi connectivity index (χ0) is 103. The van der Waals surface area contributed by atoms with Crippen molar-refractivity contribution in [2.75, 3.05) is 183 Å². The second-order valence-electron chi connectivity index (χ2n) is 38.0. The Kier molecular flexibility index (Phi) is 42.2. The molecule has 14 amide bonds. The number of nitrogens with one attached hydrogen (secondary N) is 7. The number of hydrogen-bond donors (Lipinski definition) is 7. The molecule has 145 heavy (non-hydrogen) atoms. The third-order valence-corrected chi connectivity index (χ3v) is 26.1. The highest BCUT2D eigenvalue weighted by molar-refractivity contribution is 5.92. The third kappa shape index (κ3) is 36.1. The van der Waals surface area contributed by atoms with Crippen LogP contribution in [0.5, 0.6) is 0 Å². The van der Waals surface area contributed by atoms with Gasteiger partial charge in [-0.2, -0.15) is 0 Å². The molecule has 0 bridgehead atoms. The topological polar surface area (TPSA) is 326 Å². The quantitative estimate of drug-likeness (QED) is 0.0564. The minimum atomic E-state index is -0.597. The Labute approximate surface area is 851 Å². The number of carbonyl (C=O) groups is 7. The van der Waals surface area contributed by atoms with Crippen molar-refractivity contribution in [1.82, 2.24) is 69.2 Å². The Morgan fingerprint density at radius 3 is 0.841 bits per heavy atom. The van der Waals surface area contributed by atoms with Crippen LogP contribution in [0.2, 0.25) is 0 Å². The van der Waals surface area contributed by atoms with Gasteiger partial charge < -0.3 is 49.0 Å². The number of aromatic nitrogens is 7. The fraction of sp³-hybridized carbons (Fsp3) is 0.405. The van der Waals surface area contributed by atoms with Crippen LogP contribution in [0.3, 0.4) is 0 Å². The van der Waals surface area contributed by atoms with E-state index in [-0.39, 0.29) is 48.0 Å². The maximum Gasteiger partial charge on any atom is 0.323 e. The van der Waals surface area contributed by atoms with Gasteiger partial charge in [0, 0.05) is 186 Å². The molecule has 7 aliphatic heterocycles. The molecule has 7 saturated heterocycles. The van der Waals surface area contributed by atoms with Gasteiger partial charge in [-0.05, 0) is 261 Å². The van der Waals surface area contributed by atoms with E-state index in [1.807, 2.05) is 162 Å². The Hall–Kier alpha value is -15.0. The molecule has 0 atom stereocenters. The van der Waals surface area contributed by atoms with Crippen LogP contribution >= 0.6 is 0 Å². The Morgan fingerprint density at radius 1 is 0.276 bits per heavy atom. The van der Waals surface area contributed by atoms with Crippen molar-refractivity contribution in [2.45, 2.75) is 146 Å². The molecule has 11 aromatic rings. The number of piperidine rings is 3. The predicted octanol–water partition coefficient (Wildman–Crippen LogP) is 21.3. The van der Waals surface area contributed by atoms with E-state index in [0.717, 1.165) is 174 Å². The molecule has 0 saturated carbocycles. The van der Waals surface area contributed by atoms with Crippen LogP contribution in [0.25, 0.3) is 0 Å². The number of carbonyl (C=O) groups excluding carboxylic acids is 7. The maximum absolute atomic E-state index is 13.8. The van der Waals surface area contributed by atoms with E-state index in [0.29, 0.717) is 129 Å². The second-order valence-corrected chi connectivity index (χ2v) is 38.0. The normalized spacial score (nSPS) is 15.4. The highest BCUT2D eigenvalue weighted by Gasteiger charge is 2.30. The van der Waals surface area contributed by atoms with Crippen LogP contribution in [0.4, 0.5) is 105 Å². The number of pyridine rings is 7. The van der Waals surface area contributed by atoms with Gasteiger partial charge in [0.25, 0.3) is 0 Å². The second kappa shape index (κ2) is 56.2. The molecule has 18 rings (SSSR count). The number of benzene rings is 4. The number of hydrogen-bond acceptors (Lipinski definition) is 17. The van der Waals surface area contributed by atoms with Crippen molar-refractivity contribution < 1.29 is 46.7 Å². The third-order valence-electron chi connectivity index (χ3n) is 26.1. The van der Waals surface area contributed by atoms with E-state index in [2.05, 4.69) is 152 Å². The fourth-order valence-electron chi connectivity index (χ4n) is 17.2. The number of halogens is 3. The summed E-state index contributed by atoms with van der Waals surface area (Å²) in [4.78, 5) is 133. The summed E-state index contributed by atoms with van der Waals surface area (Å²) in [5.74, 6) is 4.85. The van der Waals surface area contributed by atoms with Crippen molar-refractivity contribution in [3.8, 4) is 0 Å². The molecule has 0 unspecified atom stereocenters. The summed E-state index contributed by atoms with van der Waals surface area (Å²) in [5.41, 5.74) is 12.3. The van der Waals surface area contributed by atoms with Crippen LogP contribution in [0.1, 0.15) is 135 Å². The average Bonchev–Trinajstić information content (AvgIpc) is 0.960. The van der Waals surface area contributed by atoms with Crippen LogP contribution in [-0.2, 0) is 6.42 Å². The lowest BCUT2D eigenvalue weighted by Crippen LogP contribution is -2.50. The summed E-state index contributed by atoms with van der Waals surface area (Å²) in [6.07, 6.45) is 25.7. The van der Waals surface area contributed by atoms with Crippen molar-refractivity contribution in [1.29, 1.82) is 0 Å². The van der Waals surface area contributed by atoms with Gasteiger partial charge in [0.2, 0.25) is 0 Å². The molecule has 34 heteroatoms. The van der Waals surface area contributed by atoms with Crippen LogP contribution in [0, 0.1) is 90.6 Å². The standard InChI is InChI=1S/C19H23N3O.C18H22N4O.C17H18F2N4O.C17H19FN4O.C15H23N3O.C13H19N3O.C12H17N3O/c1-15-7-8-18(20-14-15)21-19(23)22-11-9-17(10-12-22)13-16-5-3-2-4-6-16;1-14-3-6-16(7-4-14)21-9-11-22(12-10-21)18(23)20-17-8-5-15(2)13-19-17;1-12-2-5-16(20-11-12)21-17(24)23-8-6-22(7-9-23)15-4-3-13(18)10-14(15)19;1-13-6-7-16(19-12-13)20-17(23)22-10-8-21(9-11-22)15-5-3-2-4-14(15)18;1-11(2)13-6-8-18(9-7-13)15(19)17-14-5-4-12(3)10-16-14;1-11-6-7-12(14-10-11)15-13(17)16-8-4-2-3-5-9-16;1-10-5-6-11(13-9-10)14-12(16)15-7-3-2-4-8-15/h2-8,14,17H,9-13H2,1H3,(H,20,21,23);3-8,13H,9-12H2,1-2H3,(H,19,20,23);2-5,10-11H,6-9H2,1H3,(H,20,21,24);2-7,12H,8-11H2,1H3,(H,19,20,23);4-5,10-11,13H,6-9H2,1-3H3,(H,16,17,19);6-7,10H,2-5,8-9H2,1H3,(H,14,15,17);5-6,9H,2-4,7-8H2,1H3,(H,13,14,16). The highest BCUT2D eigenvalue weighted by Crippen LogP contribution is 2.29. The molecule has 7 aromatic heterocycles. The number of likely N-dealkylation sites (tertiary alicyclic amines) is 4. The Balaban J connectivity index is 0.000000151. The van der Waals surface area contributed by atoms with E-state index < -0.39 is 11.6 Å². The predicted molar refractivity (Wildman–Crippen MR) is 570 cm³/mol. The zero-order valence-corrected chi connectivity index (χ0v) is 85.3. The number of para-hydroxylation sites is 1. The van der Waals surface area contributed by atoms with Crippen molar-refractivity contribution in [3.63, 3.8) is 0 Å². The molecule has 0 spiro atoms. The van der Waals surface area contributed by atoms with Gasteiger partial charge in [0.15, 0.2) is 0 Å². The molecule has 4 aromatic carbocycles. The largest absolute Gasteiger partial charge is 0.368 e. The lowest BCUT2D eigenvalue weighted by molar-refractivity contribution is 0.167. The van der Waals surface area contributed by atoms with Crippen LogP contribution in [-0.4, -0.2) is 242 Å². The van der Waals surface area contributed by atoms with E-state index in [4.69, 9.17) is 0 Å². The number of anilines is 10. The average molecular weight is 1980 g/mol. The van der Waals surface area contributed by atoms with Crippen molar-refractivity contribution in [2.24, 2.45) is 17.8 Å². The van der Waals surface area contributed by atoms with Crippen LogP contribution < -0.4 is 51.9 Å². The molecule has 7 fully saturated rings. The van der Waals surface area contributed by atoms with Gasteiger partial charge in [-0.25, -0.2) is 81.6 Å². The molecule has 0 radical (unpaired) electrons. The number of urea groups is 7. The number of rotatable bonds is 13. The summed E-state index contributed by atoms with van der Waals surface area (Å²) in [6, 6.07) is 55.0. The lowest BCUT2D eigenvalue weighted by atomic mass is 9.87. The van der Waals surface area contributed by atoms with Gasteiger partial charge in [0.05, 0.1) is 11.4 Å². The fourth-order valence-corrected chi connectivity index (χ4v) is 17.2. The monoisotopic (exact) mass is 1980 g/mol. The summed E-state index contributed by atoms with van der Waals surface area (Å²) in [7, 11) is 0. The van der Waals surface area contributed by atoms with Gasteiger partial charge in [-0.15, -0.1) is 0 Å². The minimum absolute atomic E-state index is 0.0248. The van der Waals surface area contributed by atoms with E-state index in [1.54, 1.807) is 77.4 Å². The SMILES string of the molecule is Cc1ccc(N2CCN(C(=O)Nc3ccc(C)cn3)CC2)cc1.Cc1ccc(NC(=O)N2CCC(C(C)C)CC2)nc1.Cc1ccc(NC(=O)N2CCC(Cc3ccccc3)CC2)nc1.Cc1ccc(NC(=O)N2CCCCC2)nc1.Cc1ccc(NC(=O)N2CCCCCC2)nc1.Cc1ccc(NC(=O)N2CCN(c3ccc(F)cc3F)CC2)nc1.Cc1ccc(NC(=O)N2CCN(c3ccccc3F)CC2)nc1. The molecule has 7 N–H and O–H groups in total. The van der Waals surface area contributed by atoms with Gasteiger partial charge in [0.1, 0.15) is 58.2 Å². The van der Waals surface area contributed by atoms with E-state index in [1.165, 1.54) is 54.3 Å². The first-order valence-corrected chi connectivity index (χ1v) is 50.5. The van der Waals surface area contributed by atoms with Crippen LogP contribution in [0.15, 0.2) is 225 Å². The van der Waals surface area contributed by atoms with Gasteiger partial charge >= 0.3 is 42.2 Å². The lowest BCUT2D eigenvalue weighted by Gasteiger charge is -2.36. The summed E-state index contributed by atoms with van der Waals surface area (Å²) in [5, 5.41) is 19.8. The zero-order valence-electron chi connectivity index (χ0n) is 85.3. The number of nitrogens with zero attached hydrogens (tertiary/aromatic N) is 17. The summed E-state index contributed by atoms with van der Waals surface area (Å²) >= 11 is 0. The summed E-state index contributed by atoms with van der Waals surface area (Å²) in [6.45, 7) is 34.4. The number of amides is 14. The first-order chi connectivity index (χ1) is 70.0. The molecule has 768 valence electrons. The first kappa shape index (κ1) is 109.